The van der Waals surface area contributed by atoms with Gasteiger partial charge in [-0.25, -0.2) is 19.3 Å². The zero-order chi connectivity index (χ0) is 20.5. The second-order valence-corrected chi connectivity index (χ2v) is 8.28. The van der Waals surface area contributed by atoms with E-state index in [1.165, 1.54) is 12.4 Å². The van der Waals surface area contributed by atoms with Crippen molar-refractivity contribution in [1.82, 2.24) is 15.0 Å². The van der Waals surface area contributed by atoms with Gasteiger partial charge in [0.05, 0.1) is 29.4 Å². The van der Waals surface area contributed by atoms with Crippen LogP contribution in [0.15, 0.2) is 54.3 Å². The Kier molecular flexibility index (Phi) is 5.14. The van der Waals surface area contributed by atoms with Crippen molar-refractivity contribution in [3.05, 3.63) is 70.7 Å². The number of aromatic nitrogens is 3. The molecule has 3 heterocycles. The van der Waals surface area contributed by atoms with Gasteiger partial charge in [0.2, 0.25) is 0 Å². The number of anilines is 1. The Morgan fingerprint density at radius 1 is 1.07 bits per heavy atom. The Morgan fingerprint density at radius 2 is 1.93 bits per heavy atom. The van der Waals surface area contributed by atoms with Gasteiger partial charge in [0.15, 0.2) is 0 Å². The molecular weight excluding hydrogens is 399 g/mol. The van der Waals surface area contributed by atoms with E-state index in [4.69, 9.17) is 4.74 Å². The normalized spacial score (nSPS) is 15.5. The van der Waals surface area contributed by atoms with Crippen molar-refractivity contribution in [2.45, 2.75) is 12.8 Å². The van der Waals surface area contributed by atoms with Crippen molar-refractivity contribution < 1.29 is 9.13 Å². The third-order valence-electron chi connectivity index (χ3n) is 5.56. The van der Waals surface area contributed by atoms with Crippen LogP contribution in [-0.4, -0.2) is 41.3 Å². The monoisotopic (exact) mass is 420 g/mol. The fourth-order valence-corrected chi connectivity index (χ4v) is 4.59. The van der Waals surface area contributed by atoms with E-state index in [-0.39, 0.29) is 11.7 Å². The molecule has 0 bridgehead atoms. The summed E-state index contributed by atoms with van der Waals surface area (Å²) in [7, 11) is 0. The molecule has 2 aromatic heterocycles. The lowest BCUT2D eigenvalue weighted by atomic mass is 9.96. The largest absolute Gasteiger partial charge is 0.378 e. The van der Waals surface area contributed by atoms with Gasteiger partial charge >= 0.3 is 0 Å². The molecule has 1 saturated heterocycles. The lowest BCUT2D eigenvalue weighted by Crippen LogP contribution is -2.36. The molecule has 0 N–H and O–H groups in total. The summed E-state index contributed by atoms with van der Waals surface area (Å²) < 4.78 is 20.3. The molecule has 30 heavy (non-hydrogen) atoms. The fraction of sp³-hybridized carbons (Fsp3) is 0.261. The van der Waals surface area contributed by atoms with E-state index >= 15 is 0 Å². The van der Waals surface area contributed by atoms with Crippen LogP contribution in [0.4, 0.5) is 10.1 Å². The average molecular weight is 421 g/mol. The van der Waals surface area contributed by atoms with Crippen molar-refractivity contribution >= 4 is 27.9 Å². The maximum Gasteiger partial charge on any atom is 0.132 e. The van der Waals surface area contributed by atoms with Crippen LogP contribution >= 0.6 is 11.3 Å². The SMILES string of the molecule is CC(c1ccc(F)c(-c2ncnc3cc(N4CCOCC4)ccc23)c1)c1nccs1. The van der Waals surface area contributed by atoms with Crippen LogP contribution in [0.3, 0.4) is 0 Å². The molecule has 1 fully saturated rings. The maximum absolute atomic E-state index is 14.9. The summed E-state index contributed by atoms with van der Waals surface area (Å²) in [4.78, 5) is 15.6. The van der Waals surface area contributed by atoms with Gasteiger partial charge < -0.3 is 9.64 Å². The Bertz CT molecular complexity index is 1180. The van der Waals surface area contributed by atoms with Crippen molar-refractivity contribution in [3.8, 4) is 11.3 Å². The average Bonchev–Trinajstić information content (AvgIpc) is 3.34. The van der Waals surface area contributed by atoms with Crippen molar-refractivity contribution in [3.63, 3.8) is 0 Å². The maximum atomic E-state index is 14.9. The van der Waals surface area contributed by atoms with Crippen LogP contribution in [-0.2, 0) is 4.74 Å². The van der Waals surface area contributed by atoms with E-state index in [0.29, 0.717) is 11.3 Å². The quantitative estimate of drug-likeness (QED) is 0.471. The molecule has 1 atom stereocenters. The Hall–Kier alpha value is -2.90. The van der Waals surface area contributed by atoms with Gasteiger partial charge in [-0.2, -0.15) is 0 Å². The van der Waals surface area contributed by atoms with E-state index in [9.17, 15) is 4.39 Å². The molecule has 1 unspecified atom stereocenters. The van der Waals surface area contributed by atoms with E-state index in [1.807, 2.05) is 29.6 Å². The molecule has 0 aliphatic carbocycles. The molecular formula is C23H21FN4OS. The standard InChI is InChI=1S/C23H21FN4OS/c1-15(23-25-6-11-30-23)16-2-5-20(24)19(12-16)22-18-4-3-17(13-21(18)26-14-27-22)28-7-9-29-10-8-28/h2-6,11-15H,7-10H2,1H3. The number of morpholine rings is 1. The van der Waals surface area contributed by atoms with Gasteiger partial charge in [-0.15, -0.1) is 11.3 Å². The van der Waals surface area contributed by atoms with Gasteiger partial charge in [-0.05, 0) is 35.9 Å². The molecule has 0 radical (unpaired) electrons. The summed E-state index contributed by atoms with van der Waals surface area (Å²) in [5.41, 5.74) is 4.02. The van der Waals surface area contributed by atoms with E-state index in [1.54, 1.807) is 17.5 Å². The lowest BCUT2D eigenvalue weighted by Gasteiger charge is -2.29. The highest BCUT2D eigenvalue weighted by molar-refractivity contribution is 7.09. The molecule has 5 nitrogen and oxygen atoms in total. The van der Waals surface area contributed by atoms with Crippen LogP contribution in [0.5, 0.6) is 0 Å². The number of thiazole rings is 1. The van der Waals surface area contributed by atoms with Gasteiger partial charge in [0, 0.05) is 47.2 Å². The number of rotatable bonds is 4. The first kappa shape index (κ1) is 19.1. The lowest BCUT2D eigenvalue weighted by molar-refractivity contribution is 0.122. The zero-order valence-corrected chi connectivity index (χ0v) is 17.4. The van der Waals surface area contributed by atoms with Crippen LogP contribution in [0, 0.1) is 5.82 Å². The minimum atomic E-state index is -0.289. The second-order valence-electron chi connectivity index (χ2n) is 7.35. The van der Waals surface area contributed by atoms with Crippen LogP contribution < -0.4 is 4.90 Å². The van der Waals surface area contributed by atoms with Crippen molar-refractivity contribution in [2.75, 3.05) is 31.2 Å². The summed E-state index contributed by atoms with van der Waals surface area (Å²) in [6.07, 6.45) is 3.31. The zero-order valence-electron chi connectivity index (χ0n) is 16.6. The first-order chi connectivity index (χ1) is 14.7. The predicted molar refractivity (Wildman–Crippen MR) is 118 cm³/mol. The number of hydrogen-bond donors (Lipinski definition) is 0. The second kappa shape index (κ2) is 8.08. The van der Waals surface area contributed by atoms with Gasteiger partial charge in [-0.3, -0.25) is 0 Å². The molecule has 5 rings (SSSR count). The molecule has 1 aliphatic rings. The summed E-state index contributed by atoms with van der Waals surface area (Å²) in [6.45, 7) is 5.25. The van der Waals surface area contributed by atoms with Crippen LogP contribution in [0.2, 0.25) is 0 Å². The first-order valence-electron chi connectivity index (χ1n) is 9.97. The molecule has 4 aromatic rings. The van der Waals surface area contributed by atoms with Gasteiger partial charge in [-0.1, -0.05) is 13.0 Å². The van der Waals surface area contributed by atoms with Crippen LogP contribution in [0.25, 0.3) is 22.2 Å². The van der Waals surface area contributed by atoms with E-state index in [2.05, 4.69) is 32.8 Å². The molecule has 1 aliphatic heterocycles. The van der Waals surface area contributed by atoms with Crippen molar-refractivity contribution in [2.24, 2.45) is 0 Å². The number of fused-ring (bicyclic) bond motifs is 1. The van der Waals surface area contributed by atoms with Gasteiger partial charge in [0.1, 0.15) is 12.1 Å². The molecule has 0 saturated carbocycles. The van der Waals surface area contributed by atoms with Crippen molar-refractivity contribution in [1.29, 1.82) is 0 Å². The number of halogens is 1. The molecule has 0 spiro atoms. The van der Waals surface area contributed by atoms with E-state index in [0.717, 1.165) is 53.5 Å². The first-order valence-corrected chi connectivity index (χ1v) is 10.9. The number of nitrogens with zero attached hydrogens (tertiary/aromatic N) is 4. The third-order valence-corrected chi connectivity index (χ3v) is 6.52. The number of hydrogen-bond acceptors (Lipinski definition) is 6. The third kappa shape index (κ3) is 3.55. The smallest absolute Gasteiger partial charge is 0.132 e. The molecule has 7 heteroatoms. The Morgan fingerprint density at radius 3 is 2.73 bits per heavy atom. The summed E-state index contributed by atoms with van der Waals surface area (Å²) >= 11 is 1.61. The number of ether oxygens (including phenoxy) is 1. The molecule has 2 aromatic carbocycles. The topological polar surface area (TPSA) is 51.1 Å². The minimum Gasteiger partial charge on any atom is -0.378 e. The number of benzene rings is 2. The Labute approximate surface area is 178 Å². The molecule has 0 amide bonds. The summed E-state index contributed by atoms with van der Waals surface area (Å²) in [5, 5.41) is 3.81. The molecule has 152 valence electrons. The minimum absolute atomic E-state index is 0.0883. The van der Waals surface area contributed by atoms with Gasteiger partial charge in [0.25, 0.3) is 0 Å². The van der Waals surface area contributed by atoms with E-state index < -0.39 is 0 Å². The predicted octanol–water partition coefficient (Wildman–Crippen LogP) is 4.88. The van der Waals surface area contributed by atoms with Crippen LogP contribution in [0.1, 0.15) is 23.4 Å². The summed E-state index contributed by atoms with van der Waals surface area (Å²) in [5.74, 6) is -0.201. The summed E-state index contributed by atoms with van der Waals surface area (Å²) in [6, 6.07) is 11.3. The highest BCUT2D eigenvalue weighted by Gasteiger charge is 2.18. The Balaban J connectivity index is 1.56. The highest BCUT2D eigenvalue weighted by atomic mass is 32.1. The highest BCUT2D eigenvalue weighted by Crippen LogP contribution is 2.34. The fourth-order valence-electron chi connectivity index (χ4n) is 3.86.